The molecule has 7 heteroatoms. The summed E-state index contributed by atoms with van der Waals surface area (Å²) >= 11 is 1.81. The number of benzene rings is 2. The van der Waals surface area contributed by atoms with Crippen molar-refractivity contribution in [3.63, 3.8) is 0 Å². The molecule has 2 aromatic rings. The third-order valence-corrected chi connectivity index (χ3v) is 8.20. The molecule has 220 valence electrons. The number of nitrogens with one attached hydrogen (secondary N) is 2. The maximum atomic E-state index is 12.9. The fourth-order valence-corrected chi connectivity index (χ4v) is 5.83. The first-order valence-corrected chi connectivity index (χ1v) is 16.2. The quantitative estimate of drug-likeness (QED) is 0.165. The van der Waals surface area contributed by atoms with E-state index in [9.17, 15) is 4.79 Å². The van der Waals surface area contributed by atoms with Crippen LogP contribution in [0.4, 0.5) is 16.2 Å². The van der Waals surface area contributed by atoms with Crippen molar-refractivity contribution in [1.82, 2.24) is 4.90 Å². The summed E-state index contributed by atoms with van der Waals surface area (Å²) in [5.74, 6) is 2.15. The van der Waals surface area contributed by atoms with Crippen LogP contribution in [-0.2, 0) is 6.54 Å². The van der Waals surface area contributed by atoms with Crippen molar-refractivity contribution in [3.05, 3.63) is 59.1 Å². The van der Waals surface area contributed by atoms with Gasteiger partial charge in [0.2, 0.25) is 0 Å². The van der Waals surface area contributed by atoms with Crippen LogP contribution in [0.15, 0.2) is 53.6 Å². The van der Waals surface area contributed by atoms with Crippen molar-refractivity contribution in [2.24, 2.45) is 0 Å². The minimum atomic E-state index is -0.312. The van der Waals surface area contributed by atoms with Crippen LogP contribution in [0.1, 0.15) is 96.5 Å². The van der Waals surface area contributed by atoms with Crippen molar-refractivity contribution in [1.29, 1.82) is 0 Å². The number of para-hydroxylation sites is 1. The molecule has 0 saturated heterocycles. The highest BCUT2D eigenvalue weighted by molar-refractivity contribution is 8.02. The number of carbonyl (C=O) groups is 1. The van der Waals surface area contributed by atoms with Gasteiger partial charge in [-0.3, -0.25) is 0 Å². The van der Waals surface area contributed by atoms with E-state index < -0.39 is 0 Å². The first-order valence-electron chi connectivity index (χ1n) is 15.1. The number of rotatable bonds is 19. The van der Waals surface area contributed by atoms with E-state index in [1.807, 2.05) is 36.4 Å². The molecular formula is C33H49N3O3S. The number of carbonyl (C=O) groups excluding carboxylic acids is 1. The number of anilines is 2. The van der Waals surface area contributed by atoms with Gasteiger partial charge in [-0.15, -0.1) is 11.8 Å². The minimum absolute atomic E-state index is 0.312. The molecular weight excluding hydrogens is 518 g/mol. The third-order valence-electron chi connectivity index (χ3n) is 7.23. The Balaban J connectivity index is 1.40. The number of amides is 2. The van der Waals surface area contributed by atoms with E-state index in [1.165, 1.54) is 69.9 Å². The molecule has 0 bridgehead atoms. The van der Waals surface area contributed by atoms with Gasteiger partial charge < -0.3 is 25.0 Å². The first kappa shape index (κ1) is 31.7. The fraction of sp³-hybridized carbons (Fsp3) is 0.545. The molecule has 0 aliphatic carbocycles. The molecule has 0 fully saturated rings. The van der Waals surface area contributed by atoms with E-state index in [0.717, 1.165) is 36.5 Å². The summed E-state index contributed by atoms with van der Waals surface area (Å²) in [6, 6.07) is 13.2. The first-order chi connectivity index (χ1) is 19.6. The van der Waals surface area contributed by atoms with Gasteiger partial charge in [-0.2, -0.15) is 0 Å². The Morgan fingerprint density at radius 3 is 2.23 bits per heavy atom. The topological polar surface area (TPSA) is 62.8 Å². The summed E-state index contributed by atoms with van der Waals surface area (Å²) in [5.41, 5.74) is 3.78. The van der Waals surface area contributed by atoms with Crippen LogP contribution >= 0.6 is 11.8 Å². The molecule has 0 radical (unpaired) electrons. The zero-order valence-electron chi connectivity index (χ0n) is 24.8. The van der Waals surface area contributed by atoms with Gasteiger partial charge in [-0.1, -0.05) is 95.8 Å². The molecule has 3 rings (SSSR count). The smallest absolute Gasteiger partial charge is 0.323 e. The Labute approximate surface area is 246 Å². The van der Waals surface area contributed by atoms with Gasteiger partial charge >= 0.3 is 6.03 Å². The summed E-state index contributed by atoms with van der Waals surface area (Å²) in [7, 11) is 1.62. The second-order valence-electron chi connectivity index (χ2n) is 10.6. The fourth-order valence-electron chi connectivity index (χ4n) is 4.89. The van der Waals surface area contributed by atoms with Gasteiger partial charge in [-0.05, 0) is 48.6 Å². The number of methoxy groups -OCH3 is 1. The van der Waals surface area contributed by atoms with Crippen LogP contribution in [0, 0.1) is 0 Å². The minimum Gasteiger partial charge on any atom is -0.493 e. The van der Waals surface area contributed by atoms with Crippen molar-refractivity contribution in [2.75, 3.05) is 30.2 Å². The summed E-state index contributed by atoms with van der Waals surface area (Å²) in [6.45, 7) is 5.81. The Morgan fingerprint density at radius 2 is 1.57 bits per heavy atom. The van der Waals surface area contributed by atoms with Gasteiger partial charge in [0.1, 0.15) is 0 Å². The predicted molar refractivity (Wildman–Crippen MR) is 170 cm³/mol. The third kappa shape index (κ3) is 11.4. The number of thioether (sulfide) groups is 1. The van der Waals surface area contributed by atoms with Gasteiger partial charge in [0, 0.05) is 17.9 Å². The largest absolute Gasteiger partial charge is 0.493 e. The molecule has 0 atom stereocenters. The number of ether oxygens (including phenoxy) is 2. The van der Waals surface area contributed by atoms with Gasteiger partial charge in [0.25, 0.3) is 0 Å². The van der Waals surface area contributed by atoms with Crippen LogP contribution in [0.5, 0.6) is 11.5 Å². The summed E-state index contributed by atoms with van der Waals surface area (Å²) in [6.07, 6.45) is 15.6. The molecule has 1 aliphatic heterocycles. The average Bonchev–Trinajstić information content (AvgIpc) is 3.35. The lowest BCUT2D eigenvalue weighted by Crippen LogP contribution is -2.21. The molecule has 0 unspecified atom stereocenters. The Hall–Kier alpha value is -2.80. The number of urea groups is 1. The molecule has 40 heavy (non-hydrogen) atoms. The van der Waals surface area contributed by atoms with Gasteiger partial charge in [0.15, 0.2) is 11.5 Å². The molecule has 0 spiro atoms. The zero-order valence-corrected chi connectivity index (χ0v) is 25.6. The van der Waals surface area contributed by atoms with Crippen LogP contribution in [0.2, 0.25) is 0 Å². The van der Waals surface area contributed by atoms with E-state index in [2.05, 4.69) is 40.9 Å². The van der Waals surface area contributed by atoms with Gasteiger partial charge in [0.05, 0.1) is 25.3 Å². The normalized spacial score (nSPS) is 12.8. The number of nitrogens with zero attached hydrogens (tertiary/aromatic N) is 1. The van der Waals surface area contributed by atoms with Crippen molar-refractivity contribution >= 4 is 29.2 Å². The molecule has 1 aliphatic rings. The van der Waals surface area contributed by atoms with E-state index in [4.69, 9.17) is 9.47 Å². The second kappa shape index (κ2) is 18.5. The summed E-state index contributed by atoms with van der Waals surface area (Å²) in [4.78, 5) is 15.2. The summed E-state index contributed by atoms with van der Waals surface area (Å²) < 4.78 is 11.7. The van der Waals surface area contributed by atoms with Gasteiger partial charge in [-0.25, -0.2) is 4.79 Å². The lowest BCUT2D eigenvalue weighted by molar-refractivity contribution is 0.261. The molecule has 2 N–H and O–H groups in total. The Bertz CT molecular complexity index is 1060. The molecule has 2 amide bonds. The average molecular weight is 568 g/mol. The van der Waals surface area contributed by atoms with Crippen LogP contribution in [-0.4, -0.2) is 30.5 Å². The molecule has 6 nitrogen and oxygen atoms in total. The van der Waals surface area contributed by atoms with Crippen molar-refractivity contribution in [2.45, 2.75) is 97.4 Å². The lowest BCUT2D eigenvalue weighted by Gasteiger charge is -2.19. The maximum Gasteiger partial charge on any atom is 0.323 e. The van der Waals surface area contributed by atoms with Crippen LogP contribution in [0.3, 0.4) is 0 Å². The zero-order chi connectivity index (χ0) is 28.4. The van der Waals surface area contributed by atoms with E-state index in [-0.39, 0.29) is 6.03 Å². The molecule has 0 saturated carbocycles. The number of hydrogen-bond donors (Lipinski definition) is 2. The number of unbranched alkanes of at least 4 members (excludes halogenated alkanes) is 11. The molecule has 1 heterocycles. The van der Waals surface area contributed by atoms with E-state index in [1.54, 1.807) is 18.9 Å². The monoisotopic (exact) mass is 567 g/mol. The van der Waals surface area contributed by atoms with E-state index >= 15 is 0 Å². The molecule has 0 aromatic heterocycles. The molecule has 2 aromatic carbocycles. The van der Waals surface area contributed by atoms with Crippen molar-refractivity contribution < 1.29 is 14.3 Å². The Kier molecular flexibility index (Phi) is 14.7. The lowest BCUT2D eigenvalue weighted by atomic mass is 10.1. The van der Waals surface area contributed by atoms with Crippen LogP contribution < -0.4 is 20.1 Å². The highest BCUT2D eigenvalue weighted by atomic mass is 32.2. The number of allylic oxidation sites excluding steroid dienone is 1. The Morgan fingerprint density at radius 1 is 0.900 bits per heavy atom. The highest BCUT2D eigenvalue weighted by Crippen LogP contribution is 2.35. The maximum absolute atomic E-state index is 12.9. The van der Waals surface area contributed by atoms with E-state index in [0.29, 0.717) is 23.8 Å². The standard InChI is InChI=1S/C33H49N3O3S/c1-4-5-6-7-8-9-10-11-12-13-14-15-22-39-32-30(20-17-21-31(32)38-3)35-33(37)34-29-19-16-18-28(23-29)24-36-26-40-25-27(36)2/h16-21,23,25H,4-15,22,24,26H2,1-3H3,(H2,34,35,37). The SMILES string of the molecule is CCCCCCCCCCCCCCOc1c(NC(=O)Nc2cccc(CN3CSC=C3C)c2)cccc1OC. The number of hydrogen-bond acceptors (Lipinski definition) is 5. The second-order valence-corrected chi connectivity index (χ2v) is 11.4. The summed E-state index contributed by atoms with van der Waals surface area (Å²) in [5, 5.41) is 8.10. The predicted octanol–water partition coefficient (Wildman–Crippen LogP) is 9.79. The van der Waals surface area contributed by atoms with Crippen molar-refractivity contribution in [3.8, 4) is 11.5 Å². The van der Waals surface area contributed by atoms with Crippen LogP contribution in [0.25, 0.3) is 0 Å². The highest BCUT2D eigenvalue weighted by Gasteiger charge is 2.15.